The quantitative estimate of drug-likeness (QED) is 0.749. The SMILES string of the molecule is COC(=O)c1sccc1NC(=O)COC(=O)c1cccc(NC(C)=O)c1. The van der Waals surface area contributed by atoms with Crippen molar-refractivity contribution < 1.29 is 28.7 Å². The van der Waals surface area contributed by atoms with Gasteiger partial charge in [0.2, 0.25) is 5.91 Å². The van der Waals surface area contributed by atoms with Crippen molar-refractivity contribution in [3.05, 3.63) is 46.2 Å². The van der Waals surface area contributed by atoms with Crippen LogP contribution in [0.1, 0.15) is 27.0 Å². The summed E-state index contributed by atoms with van der Waals surface area (Å²) in [6.07, 6.45) is 0. The average Bonchev–Trinajstić information content (AvgIpc) is 3.06. The standard InChI is InChI=1S/C17H16N2O6S/c1-10(20)18-12-5-3-4-11(8-12)16(22)25-9-14(21)19-13-6-7-26-15(13)17(23)24-2/h3-8H,9H2,1-2H3,(H,18,20)(H,19,21). The molecule has 0 aliphatic carbocycles. The number of ether oxygens (including phenoxy) is 2. The highest BCUT2D eigenvalue weighted by Crippen LogP contribution is 2.23. The summed E-state index contributed by atoms with van der Waals surface area (Å²) >= 11 is 1.12. The molecule has 0 saturated carbocycles. The molecule has 2 rings (SSSR count). The highest BCUT2D eigenvalue weighted by molar-refractivity contribution is 7.12. The van der Waals surface area contributed by atoms with Crippen molar-refractivity contribution in [3.63, 3.8) is 0 Å². The number of hydrogen-bond donors (Lipinski definition) is 2. The second kappa shape index (κ2) is 8.77. The van der Waals surface area contributed by atoms with Gasteiger partial charge < -0.3 is 20.1 Å². The predicted molar refractivity (Wildman–Crippen MR) is 95.3 cm³/mol. The molecule has 2 N–H and O–H groups in total. The molecular weight excluding hydrogens is 360 g/mol. The van der Waals surface area contributed by atoms with E-state index in [1.807, 2.05) is 0 Å². The lowest BCUT2D eigenvalue weighted by atomic mass is 10.2. The molecule has 9 heteroatoms. The van der Waals surface area contributed by atoms with Crippen LogP contribution >= 0.6 is 11.3 Å². The van der Waals surface area contributed by atoms with Crippen LogP contribution in [0.25, 0.3) is 0 Å². The fourth-order valence-electron chi connectivity index (χ4n) is 1.99. The highest BCUT2D eigenvalue weighted by Gasteiger charge is 2.17. The minimum atomic E-state index is -0.717. The summed E-state index contributed by atoms with van der Waals surface area (Å²) in [6, 6.07) is 7.69. The average molecular weight is 376 g/mol. The van der Waals surface area contributed by atoms with Crippen LogP contribution in [0.4, 0.5) is 11.4 Å². The van der Waals surface area contributed by atoms with Crippen molar-refractivity contribution in [1.82, 2.24) is 0 Å². The Morgan fingerprint density at radius 1 is 1.08 bits per heavy atom. The Morgan fingerprint density at radius 2 is 1.85 bits per heavy atom. The molecule has 1 aromatic heterocycles. The van der Waals surface area contributed by atoms with Crippen LogP contribution in [0.2, 0.25) is 0 Å². The fourth-order valence-corrected chi connectivity index (χ4v) is 2.75. The van der Waals surface area contributed by atoms with Gasteiger partial charge in [-0.2, -0.15) is 0 Å². The number of nitrogens with one attached hydrogen (secondary N) is 2. The smallest absolute Gasteiger partial charge is 0.350 e. The lowest BCUT2D eigenvalue weighted by Gasteiger charge is -2.08. The fraction of sp³-hybridized carbons (Fsp3) is 0.176. The van der Waals surface area contributed by atoms with Crippen LogP contribution < -0.4 is 10.6 Å². The number of benzene rings is 1. The number of carbonyl (C=O) groups is 4. The van der Waals surface area contributed by atoms with Crippen LogP contribution in [0.5, 0.6) is 0 Å². The maximum absolute atomic E-state index is 12.0. The molecule has 0 bridgehead atoms. The van der Waals surface area contributed by atoms with E-state index in [0.717, 1.165) is 11.3 Å². The number of methoxy groups -OCH3 is 1. The second-order valence-electron chi connectivity index (χ2n) is 5.04. The number of anilines is 2. The molecule has 0 atom stereocenters. The first-order chi connectivity index (χ1) is 12.4. The summed E-state index contributed by atoms with van der Waals surface area (Å²) < 4.78 is 9.57. The molecule has 0 aliphatic heterocycles. The minimum Gasteiger partial charge on any atom is -0.465 e. The molecule has 0 saturated heterocycles. The van der Waals surface area contributed by atoms with Gasteiger partial charge >= 0.3 is 11.9 Å². The number of thiophene rings is 1. The van der Waals surface area contributed by atoms with E-state index in [1.54, 1.807) is 23.6 Å². The van der Waals surface area contributed by atoms with Crippen LogP contribution in [0, 0.1) is 0 Å². The van der Waals surface area contributed by atoms with Gasteiger partial charge in [-0.05, 0) is 29.6 Å². The van der Waals surface area contributed by atoms with Gasteiger partial charge in [0.25, 0.3) is 5.91 Å². The van der Waals surface area contributed by atoms with Crippen molar-refractivity contribution in [2.24, 2.45) is 0 Å². The van der Waals surface area contributed by atoms with Crippen LogP contribution in [0.3, 0.4) is 0 Å². The molecule has 1 aromatic carbocycles. The molecule has 0 unspecified atom stereocenters. The minimum absolute atomic E-state index is 0.190. The predicted octanol–water partition coefficient (Wildman–Crippen LogP) is 2.29. The van der Waals surface area contributed by atoms with Gasteiger partial charge in [-0.3, -0.25) is 9.59 Å². The van der Waals surface area contributed by atoms with E-state index in [1.165, 1.54) is 26.2 Å². The summed E-state index contributed by atoms with van der Waals surface area (Å²) in [6.45, 7) is 0.821. The summed E-state index contributed by atoms with van der Waals surface area (Å²) in [5.74, 6) is -2.15. The van der Waals surface area contributed by atoms with Gasteiger partial charge in [0.15, 0.2) is 6.61 Å². The summed E-state index contributed by atoms with van der Waals surface area (Å²) in [7, 11) is 1.24. The zero-order valence-corrected chi connectivity index (χ0v) is 14.8. The molecule has 8 nitrogen and oxygen atoms in total. The van der Waals surface area contributed by atoms with E-state index in [-0.39, 0.29) is 22.0 Å². The van der Waals surface area contributed by atoms with Crippen molar-refractivity contribution in [1.29, 1.82) is 0 Å². The summed E-state index contributed by atoms with van der Waals surface area (Å²) in [5, 5.41) is 6.66. The maximum Gasteiger partial charge on any atom is 0.350 e. The Kier molecular flexibility index (Phi) is 6.45. The molecule has 2 aromatic rings. The van der Waals surface area contributed by atoms with Gasteiger partial charge in [0, 0.05) is 12.6 Å². The monoisotopic (exact) mass is 376 g/mol. The molecule has 2 amide bonds. The van der Waals surface area contributed by atoms with Gasteiger partial charge in [0.05, 0.1) is 18.4 Å². The largest absolute Gasteiger partial charge is 0.465 e. The van der Waals surface area contributed by atoms with Crippen molar-refractivity contribution in [3.8, 4) is 0 Å². The van der Waals surface area contributed by atoms with E-state index in [4.69, 9.17) is 4.74 Å². The molecule has 0 aliphatic rings. The van der Waals surface area contributed by atoms with E-state index >= 15 is 0 Å². The van der Waals surface area contributed by atoms with E-state index in [9.17, 15) is 19.2 Å². The van der Waals surface area contributed by atoms with Crippen LogP contribution in [-0.2, 0) is 19.1 Å². The number of amides is 2. The van der Waals surface area contributed by atoms with Crippen LogP contribution in [0.15, 0.2) is 35.7 Å². The molecule has 1 heterocycles. The lowest BCUT2D eigenvalue weighted by Crippen LogP contribution is -2.21. The number of carbonyl (C=O) groups excluding carboxylic acids is 4. The molecule has 0 fully saturated rings. The van der Waals surface area contributed by atoms with Crippen LogP contribution in [-0.4, -0.2) is 37.5 Å². The zero-order chi connectivity index (χ0) is 19.1. The normalized spacial score (nSPS) is 9.92. The Labute approximate surface area is 153 Å². The Hall–Kier alpha value is -3.20. The maximum atomic E-state index is 12.0. The third-order valence-electron chi connectivity index (χ3n) is 3.06. The summed E-state index contributed by atoms with van der Waals surface area (Å²) in [4.78, 5) is 46.8. The summed E-state index contributed by atoms with van der Waals surface area (Å²) in [5.41, 5.74) is 0.919. The Morgan fingerprint density at radius 3 is 2.54 bits per heavy atom. The van der Waals surface area contributed by atoms with Crippen molar-refractivity contribution in [2.45, 2.75) is 6.92 Å². The van der Waals surface area contributed by atoms with Crippen molar-refractivity contribution in [2.75, 3.05) is 24.4 Å². The van der Waals surface area contributed by atoms with Gasteiger partial charge in [0.1, 0.15) is 4.88 Å². The van der Waals surface area contributed by atoms with Gasteiger partial charge in [-0.15, -0.1) is 11.3 Å². The Balaban J connectivity index is 1.93. The van der Waals surface area contributed by atoms with E-state index < -0.39 is 24.5 Å². The third kappa shape index (κ3) is 5.15. The Bertz CT molecular complexity index is 845. The topological polar surface area (TPSA) is 111 Å². The highest BCUT2D eigenvalue weighted by atomic mass is 32.1. The van der Waals surface area contributed by atoms with Gasteiger partial charge in [-0.1, -0.05) is 6.07 Å². The number of rotatable bonds is 6. The molecule has 0 spiro atoms. The number of hydrogen-bond acceptors (Lipinski definition) is 7. The molecule has 0 radical (unpaired) electrons. The first kappa shape index (κ1) is 19.1. The lowest BCUT2D eigenvalue weighted by molar-refractivity contribution is -0.119. The van der Waals surface area contributed by atoms with Gasteiger partial charge in [-0.25, -0.2) is 9.59 Å². The zero-order valence-electron chi connectivity index (χ0n) is 14.0. The first-order valence-corrected chi connectivity index (χ1v) is 8.29. The van der Waals surface area contributed by atoms with E-state index in [2.05, 4.69) is 15.4 Å². The molecule has 26 heavy (non-hydrogen) atoms. The molecule has 136 valence electrons. The first-order valence-electron chi connectivity index (χ1n) is 7.41. The van der Waals surface area contributed by atoms with E-state index in [0.29, 0.717) is 5.69 Å². The number of esters is 2. The van der Waals surface area contributed by atoms with Crippen molar-refractivity contribution >= 4 is 46.5 Å². The third-order valence-corrected chi connectivity index (χ3v) is 3.96. The molecular formula is C17H16N2O6S. The second-order valence-corrected chi connectivity index (χ2v) is 5.96.